The van der Waals surface area contributed by atoms with Crippen LogP contribution in [0.4, 0.5) is 8.78 Å². The quantitative estimate of drug-likeness (QED) is 0.845. The topological polar surface area (TPSA) is 15.3 Å². The summed E-state index contributed by atoms with van der Waals surface area (Å²) in [6, 6.07) is 2.41. The number of nitrogens with one attached hydrogen (secondary N) is 1. The number of hydrogen-bond acceptors (Lipinski definition) is 2. The van der Waals surface area contributed by atoms with Crippen molar-refractivity contribution in [1.29, 1.82) is 0 Å². The summed E-state index contributed by atoms with van der Waals surface area (Å²) in [6.07, 6.45) is 3.23. The molecular weight excluding hydrogens is 317 g/mol. The standard InChI is InChI=1S/C15H19ClF2N2.ClH/c16-11-4-5-12(17)13(14(11)18)15(10-2-1-3-10)20-8-6-19-7-9-20;/h4-5,10,15,19H,1-3,6-9H2;1H/t15-;/m1./s1. The summed E-state index contributed by atoms with van der Waals surface area (Å²) < 4.78 is 28.6. The minimum atomic E-state index is -0.581. The van der Waals surface area contributed by atoms with Crippen molar-refractivity contribution >= 4 is 24.0 Å². The maximum atomic E-state index is 14.4. The van der Waals surface area contributed by atoms with E-state index in [9.17, 15) is 8.78 Å². The van der Waals surface area contributed by atoms with Crippen LogP contribution in [0.5, 0.6) is 0 Å². The van der Waals surface area contributed by atoms with Crippen molar-refractivity contribution in [3.8, 4) is 0 Å². The third-order valence-electron chi connectivity index (χ3n) is 4.52. The molecule has 21 heavy (non-hydrogen) atoms. The monoisotopic (exact) mass is 336 g/mol. The van der Waals surface area contributed by atoms with Gasteiger partial charge in [-0.25, -0.2) is 8.78 Å². The summed E-state index contributed by atoms with van der Waals surface area (Å²) >= 11 is 5.86. The van der Waals surface area contributed by atoms with Gasteiger partial charge in [0.15, 0.2) is 0 Å². The fourth-order valence-electron chi connectivity index (χ4n) is 3.25. The average Bonchev–Trinajstić information content (AvgIpc) is 2.41. The molecule has 0 radical (unpaired) electrons. The molecule has 6 heteroatoms. The van der Waals surface area contributed by atoms with Gasteiger partial charge in [-0.15, -0.1) is 12.4 Å². The second kappa shape index (κ2) is 7.23. The van der Waals surface area contributed by atoms with E-state index in [1.807, 2.05) is 0 Å². The van der Waals surface area contributed by atoms with Gasteiger partial charge in [-0.1, -0.05) is 18.0 Å². The first-order chi connectivity index (χ1) is 9.68. The van der Waals surface area contributed by atoms with Crippen LogP contribution in [0.1, 0.15) is 30.9 Å². The Morgan fingerprint density at radius 3 is 2.43 bits per heavy atom. The smallest absolute Gasteiger partial charge is 0.149 e. The number of hydrogen-bond donors (Lipinski definition) is 1. The van der Waals surface area contributed by atoms with Crippen LogP contribution < -0.4 is 5.32 Å². The maximum absolute atomic E-state index is 14.4. The molecule has 2 aliphatic rings. The number of nitrogens with zero attached hydrogens (tertiary/aromatic N) is 1. The molecule has 1 aromatic carbocycles. The minimum Gasteiger partial charge on any atom is -0.314 e. The summed E-state index contributed by atoms with van der Waals surface area (Å²) in [6.45, 7) is 3.39. The van der Waals surface area contributed by atoms with E-state index >= 15 is 0 Å². The molecule has 1 N–H and O–H groups in total. The first-order valence-corrected chi connectivity index (χ1v) is 7.64. The predicted octanol–water partition coefficient (Wildman–Crippen LogP) is 3.79. The lowest BCUT2D eigenvalue weighted by Crippen LogP contribution is -2.48. The van der Waals surface area contributed by atoms with Gasteiger partial charge in [-0.3, -0.25) is 4.90 Å². The molecule has 2 fully saturated rings. The van der Waals surface area contributed by atoms with Crippen molar-refractivity contribution in [2.75, 3.05) is 26.2 Å². The predicted molar refractivity (Wildman–Crippen MR) is 83.1 cm³/mol. The van der Waals surface area contributed by atoms with Crippen molar-refractivity contribution in [1.82, 2.24) is 10.2 Å². The second-order valence-electron chi connectivity index (χ2n) is 5.68. The highest BCUT2D eigenvalue weighted by Crippen LogP contribution is 2.43. The molecule has 2 nitrogen and oxygen atoms in total. The zero-order chi connectivity index (χ0) is 14.1. The Morgan fingerprint density at radius 1 is 1.19 bits per heavy atom. The number of piperazine rings is 1. The summed E-state index contributed by atoms with van der Waals surface area (Å²) in [5, 5.41) is 3.30. The third kappa shape index (κ3) is 3.34. The Morgan fingerprint density at radius 2 is 1.86 bits per heavy atom. The molecule has 1 aliphatic heterocycles. The third-order valence-corrected chi connectivity index (χ3v) is 4.81. The first-order valence-electron chi connectivity index (χ1n) is 7.26. The van der Waals surface area contributed by atoms with Crippen LogP contribution in [0.3, 0.4) is 0 Å². The molecule has 1 aliphatic carbocycles. The molecule has 1 saturated heterocycles. The SMILES string of the molecule is Cl.Fc1ccc(Cl)c(F)c1[C@@H](C1CCC1)N1CCNCC1. The average molecular weight is 337 g/mol. The normalized spacial score (nSPS) is 21.5. The Hall–Kier alpha value is -0.420. The van der Waals surface area contributed by atoms with E-state index in [4.69, 9.17) is 11.6 Å². The summed E-state index contributed by atoms with van der Waals surface area (Å²) in [5.41, 5.74) is 0.170. The van der Waals surface area contributed by atoms with Crippen LogP contribution in [-0.2, 0) is 0 Å². The lowest BCUT2D eigenvalue weighted by Gasteiger charge is -2.43. The highest BCUT2D eigenvalue weighted by molar-refractivity contribution is 6.30. The Kier molecular flexibility index (Phi) is 5.83. The second-order valence-corrected chi connectivity index (χ2v) is 6.09. The van der Waals surface area contributed by atoms with Crippen LogP contribution in [0, 0.1) is 17.6 Å². The maximum Gasteiger partial charge on any atom is 0.149 e. The Balaban J connectivity index is 0.00000161. The van der Waals surface area contributed by atoms with Gasteiger partial charge in [0.05, 0.1) is 5.02 Å². The van der Waals surface area contributed by atoms with Gasteiger partial charge >= 0.3 is 0 Å². The molecule has 0 spiro atoms. The van der Waals surface area contributed by atoms with Crippen LogP contribution in [0.15, 0.2) is 12.1 Å². The van der Waals surface area contributed by atoms with Gasteiger partial charge in [0.25, 0.3) is 0 Å². The first kappa shape index (κ1) is 16.9. The summed E-state index contributed by atoms with van der Waals surface area (Å²) in [5.74, 6) is -0.708. The molecule has 118 valence electrons. The lowest BCUT2D eigenvalue weighted by atomic mass is 9.76. The number of halogens is 4. The van der Waals surface area contributed by atoms with Crippen molar-refractivity contribution < 1.29 is 8.78 Å². The van der Waals surface area contributed by atoms with Crippen LogP contribution >= 0.6 is 24.0 Å². The number of benzene rings is 1. The zero-order valence-electron chi connectivity index (χ0n) is 11.7. The van der Waals surface area contributed by atoms with E-state index in [1.165, 1.54) is 12.1 Å². The van der Waals surface area contributed by atoms with E-state index in [1.54, 1.807) is 0 Å². The van der Waals surface area contributed by atoms with E-state index in [-0.39, 0.29) is 29.0 Å². The largest absolute Gasteiger partial charge is 0.314 e. The van der Waals surface area contributed by atoms with Gasteiger partial charge in [0, 0.05) is 37.8 Å². The Labute approximate surface area is 135 Å². The molecule has 1 saturated carbocycles. The fraction of sp³-hybridized carbons (Fsp3) is 0.600. The molecule has 1 aromatic rings. The molecule has 1 atom stereocenters. The van der Waals surface area contributed by atoms with Gasteiger partial charge < -0.3 is 5.32 Å². The Bertz CT molecular complexity index is 489. The molecule has 0 amide bonds. The van der Waals surface area contributed by atoms with Gasteiger partial charge in [0.2, 0.25) is 0 Å². The highest BCUT2D eigenvalue weighted by atomic mass is 35.5. The van der Waals surface area contributed by atoms with Crippen LogP contribution in [-0.4, -0.2) is 31.1 Å². The summed E-state index contributed by atoms with van der Waals surface area (Å²) in [4.78, 5) is 2.21. The number of rotatable bonds is 3. The molecule has 0 bridgehead atoms. The lowest BCUT2D eigenvalue weighted by molar-refractivity contribution is 0.0785. The van der Waals surface area contributed by atoms with Crippen molar-refractivity contribution in [2.45, 2.75) is 25.3 Å². The van der Waals surface area contributed by atoms with E-state index < -0.39 is 11.6 Å². The van der Waals surface area contributed by atoms with Crippen LogP contribution in [0.2, 0.25) is 5.02 Å². The van der Waals surface area contributed by atoms with E-state index in [0.29, 0.717) is 5.92 Å². The minimum absolute atomic E-state index is 0. The molecule has 0 unspecified atom stereocenters. The van der Waals surface area contributed by atoms with Crippen molar-refractivity contribution in [2.24, 2.45) is 5.92 Å². The fourth-order valence-corrected chi connectivity index (χ4v) is 3.41. The highest BCUT2D eigenvalue weighted by Gasteiger charge is 2.37. The van der Waals surface area contributed by atoms with E-state index in [0.717, 1.165) is 45.4 Å². The molecule has 1 heterocycles. The molecule has 3 rings (SSSR count). The summed E-state index contributed by atoms with van der Waals surface area (Å²) in [7, 11) is 0. The van der Waals surface area contributed by atoms with Crippen molar-refractivity contribution in [3.63, 3.8) is 0 Å². The van der Waals surface area contributed by atoms with Gasteiger partial charge in [0.1, 0.15) is 11.6 Å². The van der Waals surface area contributed by atoms with E-state index in [2.05, 4.69) is 10.2 Å². The molecule has 0 aromatic heterocycles. The van der Waals surface area contributed by atoms with Crippen molar-refractivity contribution in [3.05, 3.63) is 34.4 Å². The zero-order valence-corrected chi connectivity index (χ0v) is 13.3. The van der Waals surface area contributed by atoms with Crippen LogP contribution in [0.25, 0.3) is 0 Å². The van der Waals surface area contributed by atoms with Gasteiger partial charge in [-0.2, -0.15) is 0 Å². The van der Waals surface area contributed by atoms with Gasteiger partial charge in [-0.05, 0) is 30.9 Å². The molecular formula is C15H20Cl2F2N2.